The fourth-order valence-corrected chi connectivity index (χ4v) is 6.86. The number of benzene rings is 3. The van der Waals surface area contributed by atoms with Crippen LogP contribution in [0.4, 0.5) is 0 Å². The van der Waals surface area contributed by atoms with Gasteiger partial charge in [-0.2, -0.15) is 0 Å². The van der Waals surface area contributed by atoms with Crippen molar-refractivity contribution in [3.8, 4) is 5.75 Å². The molecule has 0 N–H and O–H groups in total. The minimum atomic E-state index is -0.154. The number of rotatable bonds is 6. The third-order valence-corrected chi connectivity index (χ3v) is 8.36. The summed E-state index contributed by atoms with van der Waals surface area (Å²) in [6.45, 7) is 16.6. The fraction of sp³-hybridized carbons (Fsp3) is 0.333. The molecule has 0 spiro atoms. The Balaban J connectivity index is 2.09. The van der Waals surface area contributed by atoms with Gasteiger partial charge in [0.15, 0.2) is 0 Å². The molecule has 3 aromatic carbocycles. The first-order valence-corrected chi connectivity index (χ1v) is 13.8. The van der Waals surface area contributed by atoms with E-state index in [-0.39, 0.29) is 13.3 Å². The first-order valence-electron chi connectivity index (χ1n) is 10.5. The average molecular weight is 437 g/mol. The molecule has 0 amide bonds. The molecule has 0 heterocycles. The molecule has 1 unspecified atom stereocenters. The van der Waals surface area contributed by atoms with Gasteiger partial charge >= 0.3 is 0 Å². The van der Waals surface area contributed by atoms with Crippen LogP contribution in [-0.4, -0.2) is 13.3 Å². The number of hydrogen-bond acceptors (Lipinski definition) is 1. The summed E-state index contributed by atoms with van der Waals surface area (Å²) in [7, 11) is 0.442. The van der Waals surface area contributed by atoms with Gasteiger partial charge in [0, 0.05) is 10.9 Å². The molecule has 3 heteroatoms. The van der Waals surface area contributed by atoms with E-state index in [1.54, 1.807) is 0 Å². The van der Waals surface area contributed by atoms with E-state index >= 15 is 0 Å². The molecule has 0 aromatic heterocycles. The number of hydrogen-bond donors (Lipinski definition) is 0. The van der Waals surface area contributed by atoms with Crippen molar-refractivity contribution in [2.24, 2.45) is 0 Å². The van der Waals surface area contributed by atoms with Gasteiger partial charge in [-0.15, -0.1) is 0 Å². The van der Waals surface area contributed by atoms with E-state index in [1.807, 2.05) is 0 Å². The molecule has 30 heavy (non-hydrogen) atoms. The van der Waals surface area contributed by atoms with E-state index in [4.69, 9.17) is 4.74 Å². The van der Waals surface area contributed by atoms with E-state index in [9.17, 15) is 0 Å². The average Bonchev–Trinajstić information content (AvgIpc) is 2.68. The van der Waals surface area contributed by atoms with Gasteiger partial charge in [-0.05, 0) is 66.0 Å². The molecule has 0 aliphatic carbocycles. The largest absolute Gasteiger partial charge is 0.488 e. The van der Waals surface area contributed by atoms with Crippen LogP contribution in [-0.2, 0) is 12.0 Å². The summed E-state index contributed by atoms with van der Waals surface area (Å²) in [6, 6.07) is 21.9. The van der Waals surface area contributed by atoms with Crippen LogP contribution in [0.3, 0.4) is 0 Å². The molecule has 0 saturated heterocycles. The molecular weight excluding hydrogens is 402 g/mol. The second kappa shape index (κ2) is 9.64. The molecule has 0 bridgehead atoms. The fourth-order valence-electron chi connectivity index (χ4n) is 3.63. The first kappa shape index (κ1) is 23.0. The van der Waals surface area contributed by atoms with E-state index in [0.717, 1.165) is 5.75 Å². The van der Waals surface area contributed by atoms with Gasteiger partial charge in [0.25, 0.3) is 0 Å². The van der Waals surface area contributed by atoms with Gasteiger partial charge in [-0.1, -0.05) is 91.9 Å². The highest BCUT2D eigenvalue weighted by molar-refractivity contribution is 7.67. The zero-order valence-electron chi connectivity index (χ0n) is 19.3. The van der Waals surface area contributed by atoms with E-state index in [2.05, 4.69) is 109 Å². The van der Waals surface area contributed by atoms with Gasteiger partial charge in [-0.25, -0.2) is 0 Å². The maximum absolute atomic E-state index is 6.56. The lowest BCUT2D eigenvalue weighted by Gasteiger charge is -2.26. The molecule has 3 aromatic rings. The second-order valence-corrected chi connectivity index (χ2v) is 12.8. The molecule has 0 radical (unpaired) electrons. The van der Waals surface area contributed by atoms with Crippen LogP contribution in [0.5, 0.6) is 5.75 Å². The van der Waals surface area contributed by atoms with E-state index in [0.29, 0.717) is 15.2 Å². The summed E-state index contributed by atoms with van der Waals surface area (Å²) >= 11 is 0. The smallest absolute Gasteiger partial charge is 0.131 e. The van der Waals surface area contributed by atoms with Crippen molar-refractivity contribution < 1.29 is 4.74 Å². The van der Waals surface area contributed by atoms with Crippen molar-refractivity contribution in [2.75, 3.05) is 13.3 Å². The van der Waals surface area contributed by atoms with Crippen molar-refractivity contribution in [2.45, 2.75) is 46.6 Å². The Labute approximate surface area is 185 Å². The van der Waals surface area contributed by atoms with Gasteiger partial charge in [0.2, 0.25) is 0 Å². The van der Waals surface area contributed by atoms with Gasteiger partial charge < -0.3 is 4.74 Å². The highest BCUT2D eigenvalue weighted by Gasteiger charge is 2.23. The molecule has 1 atom stereocenters. The molecule has 0 saturated carbocycles. The Bertz CT molecular complexity index is 1000. The van der Waals surface area contributed by atoms with Crippen LogP contribution in [0.15, 0.2) is 60.7 Å². The summed E-state index contributed by atoms with van der Waals surface area (Å²) < 4.78 is 6.56. The van der Waals surface area contributed by atoms with E-state index < -0.39 is 0 Å². The summed E-state index contributed by atoms with van der Waals surface area (Å²) in [5, 5.41) is 4.32. The predicted octanol–water partition coefficient (Wildman–Crippen LogP) is 6.18. The third kappa shape index (κ3) is 5.51. The van der Waals surface area contributed by atoms with E-state index in [1.165, 1.54) is 38.2 Å². The minimum Gasteiger partial charge on any atom is -0.488 e. The Morgan fingerprint density at radius 1 is 0.900 bits per heavy atom. The molecule has 158 valence electrons. The van der Waals surface area contributed by atoms with Gasteiger partial charge in [-0.3, -0.25) is 0 Å². The van der Waals surface area contributed by atoms with Crippen LogP contribution in [0.2, 0.25) is 0 Å². The van der Waals surface area contributed by atoms with Crippen LogP contribution in [0.1, 0.15) is 43.0 Å². The zero-order chi connectivity index (χ0) is 21.9. The Hall–Kier alpha value is -1.68. The van der Waals surface area contributed by atoms with Crippen LogP contribution >= 0.6 is 16.5 Å². The topological polar surface area (TPSA) is 9.23 Å². The van der Waals surface area contributed by atoms with Crippen molar-refractivity contribution in [3.63, 3.8) is 0 Å². The van der Waals surface area contributed by atoms with Crippen LogP contribution in [0.25, 0.3) is 0 Å². The monoisotopic (exact) mass is 436 g/mol. The van der Waals surface area contributed by atoms with Crippen LogP contribution in [0, 0.1) is 13.8 Å². The summed E-state index contributed by atoms with van der Waals surface area (Å²) in [6.07, 6.45) is 0. The predicted molar refractivity (Wildman–Crippen MR) is 138 cm³/mol. The van der Waals surface area contributed by atoms with Crippen molar-refractivity contribution in [1.82, 2.24) is 0 Å². The molecule has 0 fully saturated rings. The normalized spacial score (nSPS) is 12.1. The summed E-state index contributed by atoms with van der Waals surface area (Å²) in [4.78, 5) is 0. The SMILES string of the molecule is Cc1cc(Pc2c(C)cccc2P(C)C)c(OCc2ccccc2)c(C(C)(C)C)c1. The highest BCUT2D eigenvalue weighted by atomic mass is 31.1. The summed E-state index contributed by atoms with van der Waals surface area (Å²) in [5.74, 6) is 1.07. The molecule has 0 aliphatic rings. The lowest BCUT2D eigenvalue weighted by atomic mass is 9.85. The van der Waals surface area contributed by atoms with Gasteiger partial charge in [0.1, 0.15) is 12.4 Å². The minimum absolute atomic E-state index is 0.0218. The number of aryl methyl sites for hydroxylation is 2. The van der Waals surface area contributed by atoms with Crippen LogP contribution < -0.4 is 20.7 Å². The lowest BCUT2D eigenvalue weighted by Crippen LogP contribution is -2.25. The zero-order valence-corrected chi connectivity index (χ0v) is 21.2. The Morgan fingerprint density at radius 3 is 2.23 bits per heavy atom. The molecule has 0 aliphatic heterocycles. The second-order valence-electron chi connectivity index (χ2n) is 9.20. The first-order chi connectivity index (χ1) is 14.2. The summed E-state index contributed by atoms with van der Waals surface area (Å²) in [5.41, 5.74) is 5.21. The standard InChI is InChI=1S/C27H34OP2/c1-19-16-22(27(3,4)5)25(28-18-21-13-9-8-10-14-21)23(17-19)29-26-20(2)12-11-15-24(26)30(6)7/h8-17,29H,18H2,1-7H3. The maximum Gasteiger partial charge on any atom is 0.131 e. The Kier molecular flexibility index (Phi) is 7.38. The maximum atomic E-state index is 6.56. The molecule has 1 nitrogen and oxygen atoms in total. The van der Waals surface area contributed by atoms with Crippen molar-refractivity contribution in [1.29, 1.82) is 0 Å². The van der Waals surface area contributed by atoms with Crippen molar-refractivity contribution in [3.05, 3.63) is 82.9 Å². The molecular formula is C27H34OP2. The third-order valence-electron chi connectivity index (χ3n) is 5.26. The van der Waals surface area contributed by atoms with Crippen molar-refractivity contribution >= 4 is 32.4 Å². The number of ether oxygens (including phenoxy) is 1. The Morgan fingerprint density at radius 2 is 1.60 bits per heavy atom. The molecule has 3 rings (SSSR count). The van der Waals surface area contributed by atoms with Gasteiger partial charge in [0.05, 0.1) is 0 Å². The quantitative estimate of drug-likeness (QED) is 0.420. The highest BCUT2D eigenvalue weighted by Crippen LogP contribution is 2.36. The lowest BCUT2D eigenvalue weighted by molar-refractivity contribution is 0.300.